The summed E-state index contributed by atoms with van der Waals surface area (Å²) in [6.07, 6.45) is 2.98. The largest absolute Gasteiger partial charge is 0.507 e. The fourth-order valence-corrected chi connectivity index (χ4v) is 1.63. The molecule has 0 aliphatic carbocycles. The minimum Gasteiger partial charge on any atom is -0.507 e. The summed E-state index contributed by atoms with van der Waals surface area (Å²) in [6.45, 7) is 0. The van der Waals surface area contributed by atoms with Crippen LogP contribution >= 0.6 is 15.9 Å². The Bertz CT molecular complexity index is 570. The topological polar surface area (TPSA) is 65.7 Å². The maximum absolute atomic E-state index is 9.59. The second-order valence-electron chi connectivity index (χ2n) is 3.31. The molecule has 4 nitrogen and oxygen atoms in total. The van der Waals surface area contributed by atoms with E-state index >= 15 is 0 Å². The molecule has 1 heterocycles. The van der Waals surface area contributed by atoms with Gasteiger partial charge in [-0.2, -0.15) is 0 Å². The van der Waals surface area contributed by atoms with Crippen LogP contribution < -0.4 is 0 Å². The first-order chi connectivity index (χ1) is 8.16. The Labute approximate surface area is 106 Å². The molecular weight excluding hydrogens is 284 g/mol. The summed E-state index contributed by atoms with van der Waals surface area (Å²) in [7, 11) is 0. The molecule has 2 rings (SSSR count). The minimum atomic E-state index is -0.00163. The number of aromatic hydroxyl groups is 2. The number of phenolic OH excluding ortho intramolecular Hbond substituents is 1. The maximum Gasteiger partial charge on any atom is 0.194 e. The van der Waals surface area contributed by atoms with E-state index in [4.69, 9.17) is 0 Å². The molecule has 0 bridgehead atoms. The van der Waals surface area contributed by atoms with Crippen LogP contribution in [0.4, 0.5) is 5.82 Å². The first-order valence-corrected chi connectivity index (χ1v) is 5.62. The van der Waals surface area contributed by atoms with Crippen molar-refractivity contribution >= 4 is 28.0 Å². The van der Waals surface area contributed by atoms with Gasteiger partial charge in [-0.3, -0.25) is 0 Å². The van der Waals surface area contributed by atoms with Crippen LogP contribution in [0.25, 0.3) is 0 Å². The predicted octanol–water partition coefficient (Wildman–Crippen LogP) is 3.01. The number of benzene rings is 1. The standard InChI is InChI=1S/C12H9BrN2O2/c13-9-3-4-10(16)8(6-9)7-15-12-11(17)2-1-5-14-12/h1-7,16-17H. The van der Waals surface area contributed by atoms with Gasteiger partial charge in [0.2, 0.25) is 0 Å². The van der Waals surface area contributed by atoms with Gasteiger partial charge in [0.05, 0.1) is 0 Å². The van der Waals surface area contributed by atoms with Crippen molar-refractivity contribution in [2.45, 2.75) is 0 Å². The van der Waals surface area contributed by atoms with Gasteiger partial charge in [0.15, 0.2) is 11.6 Å². The molecule has 1 aromatic heterocycles. The van der Waals surface area contributed by atoms with Crippen LogP contribution in [0.2, 0.25) is 0 Å². The first-order valence-electron chi connectivity index (χ1n) is 4.83. The number of hydrogen-bond donors (Lipinski definition) is 2. The fourth-order valence-electron chi connectivity index (χ4n) is 1.25. The van der Waals surface area contributed by atoms with Gasteiger partial charge in [0.1, 0.15) is 5.75 Å². The van der Waals surface area contributed by atoms with Crippen LogP contribution in [-0.4, -0.2) is 21.4 Å². The molecule has 0 aliphatic heterocycles. The Morgan fingerprint density at radius 1 is 1.18 bits per heavy atom. The van der Waals surface area contributed by atoms with Crippen molar-refractivity contribution in [1.82, 2.24) is 4.98 Å². The molecule has 0 aliphatic rings. The number of aromatic nitrogens is 1. The molecule has 2 aromatic rings. The molecule has 0 unspecified atom stereocenters. The lowest BCUT2D eigenvalue weighted by atomic mass is 10.2. The molecule has 0 amide bonds. The molecule has 86 valence electrons. The third-order valence-corrected chi connectivity index (χ3v) is 2.57. The molecule has 2 N–H and O–H groups in total. The van der Waals surface area contributed by atoms with Crippen molar-refractivity contribution in [3.63, 3.8) is 0 Å². The minimum absolute atomic E-state index is 0.00163. The Balaban J connectivity index is 2.32. The molecule has 0 saturated carbocycles. The van der Waals surface area contributed by atoms with E-state index in [0.29, 0.717) is 5.56 Å². The molecule has 1 aromatic carbocycles. The van der Waals surface area contributed by atoms with Crippen molar-refractivity contribution in [3.8, 4) is 11.5 Å². The molecular formula is C12H9BrN2O2. The van der Waals surface area contributed by atoms with Crippen molar-refractivity contribution < 1.29 is 10.2 Å². The van der Waals surface area contributed by atoms with E-state index < -0.39 is 0 Å². The summed E-state index contributed by atoms with van der Waals surface area (Å²) in [5, 5.41) is 19.1. The highest BCUT2D eigenvalue weighted by atomic mass is 79.9. The Morgan fingerprint density at radius 2 is 2.00 bits per heavy atom. The summed E-state index contributed by atoms with van der Waals surface area (Å²) in [5.74, 6) is 0.331. The smallest absolute Gasteiger partial charge is 0.194 e. The lowest BCUT2D eigenvalue weighted by Gasteiger charge is -1.99. The fraction of sp³-hybridized carbons (Fsp3) is 0. The van der Waals surface area contributed by atoms with E-state index in [1.165, 1.54) is 18.5 Å². The maximum atomic E-state index is 9.59. The zero-order chi connectivity index (χ0) is 12.3. The zero-order valence-corrected chi connectivity index (χ0v) is 10.3. The summed E-state index contributed by atoms with van der Waals surface area (Å²) in [6, 6.07) is 8.12. The number of rotatable bonds is 2. The Hall–Kier alpha value is -1.88. The molecule has 0 radical (unpaired) electrons. The van der Waals surface area contributed by atoms with Gasteiger partial charge in [0.25, 0.3) is 0 Å². The predicted molar refractivity (Wildman–Crippen MR) is 69.0 cm³/mol. The average Bonchev–Trinajstić information content (AvgIpc) is 2.32. The molecule has 5 heteroatoms. The number of halogens is 1. The highest BCUT2D eigenvalue weighted by Crippen LogP contribution is 2.24. The summed E-state index contributed by atoms with van der Waals surface area (Å²) in [4.78, 5) is 7.92. The Morgan fingerprint density at radius 3 is 2.76 bits per heavy atom. The van der Waals surface area contributed by atoms with Crippen LogP contribution in [-0.2, 0) is 0 Å². The van der Waals surface area contributed by atoms with Crippen LogP contribution in [0.1, 0.15) is 5.56 Å². The van der Waals surface area contributed by atoms with Crippen LogP contribution in [0.15, 0.2) is 46.0 Å². The summed E-state index contributed by atoms with van der Waals surface area (Å²) < 4.78 is 0.835. The highest BCUT2D eigenvalue weighted by Gasteiger charge is 2.01. The van der Waals surface area contributed by atoms with Gasteiger partial charge in [-0.1, -0.05) is 15.9 Å². The van der Waals surface area contributed by atoms with Gasteiger partial charge in [-0.05, 0) is 30.3 Å². The normalized spacial score (nSPS) is 10.9. The monoisotopic (exact) mass is 292 g/mol. The molecule has 0 fully saturated rings. The number of hydrogen-bond acceptors (Lipinski definition) is 4. The average molecular weight is 293 g/mol. The van der Waals surface area contributed by atoms with Gasteiger partial charge in [-0.25, -0.2) is 9.98 Å². The summed E-state index contributed by atoms with van der Waals surface area (Å²) in [5.41, 5.74) is 0.546. The van der Waals surface area contributed by atoms with E-state index in [1.807, 2.05) is 0 Å². The third kappa shape index (κ3) is 2.82. The van der Waals surface area contributed by atoms with E-state index in [9.17, 15) is 10.2 Å². The van der Waals surface area contributed by atoms with Crippen LogP contribution in [0.5, 0.6) is 11.5 Å². The third-order valence-electron chi connectivity index (χ3n) is 2.08. The second kappa shape index (κ2) is 4.97. The lowest BCUT2D eigenvalue weighted by Crippen LogP contribution is -1.83. The molecule has 0 saturated heterocycles. The van der Waals surface area contributed by atoms with E-state index in [2.05, 4.69) is 25.9 Å². The highest BCUT2D eigenvalue weighted by molar-refractivity contribution is 9.10. The number of aliphatic imine (C=N–C) groups is 1. The van der Waals surface area contributed by atoms with Crippen molar-refractivity contribution in [2.75, 3.05) is 0 Å². The first kappa shape index (κ1) is 11.6. The van der Waals surface area contributed by atoms with Crippen LogP contribution in [0, 0.1) is 0 Å². The van der Waals surface area contributed by atoms with E-state index in [-0.39, 0.29) is 17.3 Å². The van der Waals surface area contributed by atoms with Gasteiger partial charge in [-0.15, -0.1) is 0 Å². The molecule has 17 heavy (non-hydrogen) atoms. The molecule has 0 spiro atoms. The summed E-state index contributed by atoms with van der Waals surface area (Å²) >= 11 is 3.30. The zero-order valence-electron chi connectivity index (χ0n) is 8.71. The molecule has 0 atom stereocenters. The lowest BCUT2D eigenvalue weighted by molar-refractivity contribution is 0.473. The van der Waals surface area contributed by atoms with Crippen molar-refractivity contribution in [2.24, 2.45) is 4.99 Å². The van der Waals surface area contributed by atoms with E-state index in [0.717, 1.165) is 4.47 Å². The van der Waals surface area contributed by atoms with E-state index in [1.54, 1.807) is 24.3 Å². The SMILES string of the molecule is Oc1ccc(Br)cc1C=Nc1ncccc1O. The van der Waals surface area contributed by atoms with Gasteiger partial charge >= 0.3 is 0 Å². The number of pyridine rings is 1. The number of nitrogens with zero attached hydrogens (tertiary/aromatic N) is 2. The second-order valence-corrected chi connectivity index (χ2v) is 4.22. The quantitative estimate of drug-likeness (QED) is 0.836. The van der Waals surface area contributed by atoms with Crippen LogP contribution in [0.3, 0.4) is 0 Å². The van der Waals surface area contributed by atoms with Gasteiger partial charge < -0.3 is 10.2 Å². The Kier molecular flexibility index (Phi) is 3.39. The van der Waals surface area contributed by atoms with Gasteiger partial charge in [0, 0.05) is 22.4 Å². The van der Waals surface area contributed by atoms with Crippen molar-refractivity contribution in [3.05, 3.63) is 46.6 Å². The van der Waals surface area contributed by atoms with Crippen molar-refractivity contribution in [1.29, 1.82) is 0 Å². The number of phenols is 1.